The third-order valence-corrected chi connectivity index (χ3v) is 6.79. The molecule has 2 heterocycles. The number of nitrogens with two attached hydrogens (primary N) is 1. The van der Waals surface area contributed by atoms with E-state index in [0.29, 0.717) is 30.9 Å². The average Bonchev–Trinajstić information content (AvgIpc) is 3.24. The molecule has 2 aromatic carbocycles. The van der Waals surface area contributed by atoms with E-state index in [2.05, 4.69) is 5.10 Å². The number of amides is 1. The van der Waals surface area contributed by atoms with Gasteiger partial charge in [0.25, 0.3) is 11.8 Å². The van der Waals surface area contributed by atoms with Gasteiger partial charge in [0.15, 0.2) is 5.65 Å². The molecule has 9 nitrogen and oxygen atoms in total. The summed E-state index contributed by atoms with van der Waals surface area (Å²) >= 11 is 6.52. The third kappa shape index (κ3) is 5.44. The van der Waals surface area contributed by atoms with Crippen LogP contribution in [0.1, 0.15) is 53.6 Å². The molecule has 1 unspecified atom stereocenters. The van der Waals surface area contributed by atoms with Crippen LogP contribution in [-0.4, -0.2) is 50.2 Å². The highest BCUT2D eigenvalue weighted by atomic mass is 35.5. The molecule has 2 N–H and O–H groups in total. The van der Waals surface area contributed by atoms with Crippen molar-refractivity contribution < 1.29 is 9.53 Å². The number of carbonyl (C=O) groups excluding carboxylic acids is 1. The van der Waals surface area contributed by atoms with Gasteiger partial charge in [-0.15, -0.1) is 5.10 Å². The molecule has 1 amide bonds. The van der Waals surface area contributed by atoms with Crippen molar-refractivity contribution in [1.82, 2.24) is 24.1 Å². The third-order valence-electron chi connectivity index (χ3n) is 6.46. The summed E-state index contributed by atoms with van der Waals surface area (Å²) in [6, 6.07) is 16.5. The topological polar surface area (TPSA) is 108 Å². The van der Waals surface area contributed by atoms with Gasteiger partial charge in [-0.05, 0) is 43.5 Å². The highest BCUT2D eigenvalue weighted by Crippen LogP contribution is 2.32. The maximum atomic E-state index is 13.9. The van der Waals surface area contributed by atoms with Crippen LogP contribution in [-0.2, 0) is 6.54 Å². The number of aryl methyl sites for hydroxylation is 1. The van der Waals surface area contributed by atoms with E-state index in [9.17, 15) is 9.59 Å². The molecule has 0 spiro atoms. The number of carbonyl (C=O) groups is 1. The Morgan fingerprint density at radius 1 is 1.13 bits per heavy atom. The molecule has 4 aromatic rings. The Balaban J connectivity index is 1.95. The lowest BCUT2D eigenvalue weighted by Crippen LogP contribution is -2.43. The molecule has 0 aliphatic heterocycles. The highest BCUT2D eigenvalue weighted by molar-refractivity contribution is 6.34. The zero-order chi connectivity index (χ0) is 27.4. The minimum Gasteiger partial charge on any atom is -0.479 e. The van der Waals surface area contributed by atoms with Crippen LogP contribution in [0.3, 0.4) is 0 Å². The van der Waals surface area contributed by atoms with Gasteiger partial charge in [0.05, 0.1) is 19.7 Å². The minimum absolute atomic E-state index is 0.0952. The second kappa shape index (κ2) is 11.8. The summed E-state index contributed by atoms with van der Waals surface area (Å²) in [5.41, 5.74) is 8.14. The molecule has 4 rings (SSSR count). The van der Waals surface area contributed by atoms with Crippen molar-refractivity contribution in [2.24, 2.45) is 11.7 Å². The smallest absolute Gasteiger partial charge is 0.352 e. The Morgan fingerprint density at radius 3 is 2.42 bits per heavy atom. The van der Waals surface area contributed by atoms with Gasteiger partial charge in [-0.3, -0.25) is 9.36 Å². The molecule has 0 bridgehead atoms. The van der Waals surface area contributed by atoms with Crippen LogP contribution in [0.4, 0.5) is 0 Å². The Kier molecular flexibility index (Phi) is 8.48. The first-order chi connectivity index (χ1) is 18.3. The quantitative estimate of drug-likeness (QED) is 0.327. The van der Waals surface area contributed by atoms with Gasteiger partial charge in [-0.25, -0.2) is 9.78 Å². The fourth-order valence-electron chi connectivity index (χ4n) is 4.54. The predicted molar refractivity (Wildman–Crippen MR) is 148 cm³/mol. The minimum atomic E-state index is -0.547. The number of ether oxygens (including phenoxy) is 1. The number of hydrogen-bond donors (Lipinski definition) is 1. The Hall–Kier alpha value is -3.69. The van der Waals surface area contributed by atoms with Crippen LogP contribution in [0.25, 0.3) is 5.65 Å². The standard InChI is InChI=1S/C28H33ClN6O3/c1-18(2)23(33(16-8-15-30)27(36)21-13-11-19(3)12-14-21)25-31-24-22(29)26(38-4)32-35(24)28(37)34(25)17-20-9-6-5-7-10-20/h5-7,9-14,18,23H,8,15-17,30H2,1-4H3. The number of fused-ring (bicyclic) bond motifs is 1. The molecular formula is C28H33ClN6O3. The van der Waals surface area contributed by atoms with Gasteiger partial charge in [0, 0.05) is 12.1 Å². The van der Waals surface area contributed by atoms with Crippen molar-refractivity contribution in [2.45, 2.75) is 39.8 Å². The zero-order valence-electron chi connectivity index (χ0n) is 22.1. The summed E-state index contributed by atoms with van der Waals surface area (Å²) < 4.78 is 7.98. The van der Waals surface area contributed by atoms with Crippen LogP contribution in [0.2, 0.25) is 5.02 Å². The lowest BCUT2D eigenvalue weighted by molar-refractivity contribution is 0.0601. The maximum absolute atomic E-state index is 13.9. The normalized spacial score (nSPS) is 12.2. The summed E-state index contributed by atoms with van der Waals surface area (Å²) in [7, 11) is 1.43. The summed E-state index contributed by atoms with van der Waals surface area (Å²) in [5, 5.41) is 4.37. The molecule has 0 aliphatic rings. The predicted octanol–water partition coefficient (Wildman–Crippen LogP) is 4.10. The number of methoxy groups -OCH3 is 1. The second-order valence-electron chi connectivity index (χ2n) is 9.58. The fraction of sp³-hybridized carbons (Fsp3) is 0.357. The van der Waals surface area contributed by atoms with Crippen LogP contribution in [0.5, 0.6) is 5.88 Å². The van der Waals surface area contributed by atoms with E-state index in [-0.39, 0.29) is 34.9 Å². The van der Waals surface area contributed by atoms with Crippen LogP contribution >= 0.6 is 11.6 Å². The number of rotatable bonds is 10. The van der Waals surface area contributed by atoms with E-state index < -0.39 is 11.7 Å². The summed E-state index contributed by atoms with van der Waals surface area (Å²) in [4.78, 5) is 34.4. The summed E-state index contributed by atoms with van der Waals surface area (Å²) in [6.45, 7) is 7.04. The van der Waals surface area contributed by atoms with Gasteiger partial charge in [-0.2, -0.15) is 4.52 Å². The van der Waals surface area contributed by atoms with Crippen molar-refractivity contribution in [3.63, 3.8) is 0 Å². The Labute approximate surface area is 226 Å². The lowest BCUT2D eigenvalue weighted by Gasteiger charge is -2.35. The molecule has 0 aliphatic carbocycles. The van der Waals surface area contributed by atoms with Gasteiger partial charge in [-0.1, -0.05) is 73.5 Å². The van der Waals surface area contributed by atoms with Crippen LogP contribution in [0, 0.1) is 12.8 Å². The monoisotopic (exact) mass is 536 g/mol. The first kappa shape index (κ1) is 27.3. The molecule has 0 saturated carbocycles. The number of nitrogens with zero attached hydrogens (tertiary/aromatic N) is 5. The summed E-state index contributed by atoms with van der Waals surface area (Å²) in [5.74, 6) is 0.275. The van der Waals surface area contributed by atoms with E-state index in [1.807, 2.05) is 75.4 Å². The number of benzene rings is 2. The molecule has 10 heteroatoms. The van der Waals surface area contributed by atoms with Crippen molar-refractivity contribution in [1.29, 1.82) is 0 Å². The Morgan fingerprint density at radius 2 is 1.82 bits per heavy atom. The molecule has 1 atom stereocenters. The number of hydrogen-bond acceptors (Lipinski definition) is 6. The molecular weight excluding hydrogens is 504 g/mol. The van der Waals surface area contributed by atoms with E-state index >= 15 is 0 Å². The van der Waals surface area contributed by atoms with Crippen LogP contribution < -0.4 is 16.2 Å². The average molecular weight is 537 g/mol. The Bertz CT molecular complexity index is 1460. The fourth-order valence-corrected chi connectivity index (χ4v) is 4.78. The van der Waals surface area contributed by atoms with Crippen molar-refractivity contribution in [2.75, 3.05) is 20.2 Å². The van der Waals surface area contributed by atoms with Gasteiger partial charge >= 0.3 is 5.69 Å². The zero-order valence-corrected chi connectivity index (χ0v) is 22.9. The largest absolute Gasteiger partial charge is 0.479 e. The maximum Gasteiger partial charge on any atom is 0.352 e. The lowest BCUT2D eigenvalue weighted by atomic mass is 9.99. The van der Waals surface area contributed by atoms with Crippen molar-refractivity contribution in [3.05, 3.63) is 92.6 Å². The SMILES string of the molecule is COc1nn2c(=O)n(Cc3ccccc3)c(C(C(C)C)N(CCCN)C(=O)c3ccc(C)cc3)nc2c1Cl. The van der Waals surface area contributed by atoms with Crippen LogP contribution in [0.15, 0.2) is 59.4 Å². The van der Waals surface area contributed by atoms with Crippen molar-refractivity contribution >= 4 is 23.2 Å². The summed E-state index contributed by atoms with van der Waals surface area (Å²) in [6.07, 6.45) is 0.591. The van der Waals surface area contributed by atoms with Gasteiger partial charge in [0.1, 0.15) is 10.8 Å². The van der Waals surface area contributed by atoms with E-state index in [1.165, 1.54) is 7.11 Å². The van der Waals surface area contributed by atoms with E-state index in [1.54, 1.807) is 9.47 Å². The second-order valence-corrected chi connectivity index (χ2v) is 9.96. The number of halogens is 1. The van der Waals surface area contributed by atoms with Gasteiger partial charge < -0.3 is 15.4 Å². The molecule has 0 saturated heterocycles. The van der Waals surface area contributed by atoms with E-state index in [4.69, 9.17) is 27.1 Å². The van der Waals surface area contributed by atoms with Gasteiger partial charge in [0.2, 0.25) is 0 Å². The van der Waals surface area contributed by atoms with E-state index in [0.717, 1.165) is 15.6 Å². The molecule has 2 aromatic heterocycles. The first-order valence-corrected chi connectivity index (χ1v) is 13.0. The van der Waals surface area contributed by atoms with Crippen molar-refractivity contribution in [3.8, 4) is 5.88 Å². The first-order valence-electron chi connectivity index (χ1n) is 12.6. The molecule has 38 heavy (non-hydrogen) atoms. The molecule has 0 radical (unpaired) electrons. The number of aromatic nitrogens is 4. The molecule has 0 fully saturated rings. The highest BCUT2D eigenvalue weighted by Gasteiger charge is 2.33. The molecule has 200 valence electrons.